The van der Waals surface area contributed by atoms with Crippen molar-refractivity contribution in [3.05, 3.63) is 71.9 Å². The lowest BCUT2D eigenvalue weighted by Gasteiger charge is -2.18. The molecule has 12 heteroatoms. The molecule has 0 bridgehead atoms. The molecule has 0 aliphatic carbocycles. The molecule has 30 heavy (non-hydrogen) atoms. The van der Waals surface area contributed by atoms with E-state index in [0.29, 0.717) is 18.8 Å². The number of carbonyl (C=O) groups is 6. The maximum Gasteiger partial charge on any atom is 0.344 e. The maximum absolute atomic E-state index is 12.4. The van der Waals surface area contributed by atoms with Crippen molar-refractivity contribution in [1.29, 1.82) is 0 Å². The van der Waals surface area contributed by atoms with Gasteiger partial charge in [0.25, 0.3) is 0 Å². The predicted molar refractivity (Wildman–Crippen MR) is 94.2 cm³/mol. The van der Waals surface area contributed by atoms with Crippen molar-refractivity contribution in [3.63, 3.8) is 0 Å². The first-order chi connectivity index (χ1) is 14.0. The molecule has 12 nitrogen and oxygen atoms in total. The van der Waals surface area contributed by atoms with Gasteiger partial charge in [0, 0.05) is 0 Å². The minimum absolute atomic E-state index is 0.518. The molecule has 156 valence electrons. The van der Waals surface area contributed by atoms with Gasteiger partial charge in [-0.25, -0.2) is 28.8 Å². The summed E-state index contributed by atoms with van der Waals surface area (Å²) in [5, 5.41) is 28.4. The van der Waals surface area contributed by atoms with Crippen molar-refractivity contribution < 1.29 is 58.3 Å². The van der Waals surface area contributed by atoms with Gasteiger partial charge < -0.3 is 29.5 Å². The third-order valence-electron chi connectivity index (χ3n) is 3.33. The summed E-state index contributed by atoms with van der Waals surface area (Å²) in [4.78, 5) is 72.5. The van der Waals surface area contributed by atoms with Gasteiger partial charge in [-0.3, -0.25) is 0 Å². The topological polar surface area (TPSA) is 191 Å². The highest BCUT2D eigenvalue weighted by Gasteiger charge is 2.41. The average molecular weight is 420 g/mol. The van der Waals surface area contributed by atoms with E-state index in [2.05, 4.69) is 33.9 Å². The molecule has 1 rings (SSSR count). The normalized spacial score (nSPS) is 9.60. The van der Waals surface area contributed by atoms with Crippen LogP contribution in [-0.4, -0.2) is 51.1 Å². The van der Waals surface area contributed by atoms with Crippen LogP contribution in [0, 0.1) is 0 Å². The molecule has 0 saturated heterocycles. The summed E-state index contributed by atoms with van der Waals surface area (Å²) < 4.78 is 13.3. The fourth-order valence-electron chi connectivity index (χ4n) is 2.41. The average Bonchev–Trinajstić information content (AvgIpc) is 2.65. The molecule has 1 aromatic rings. The van der Waals surface area contributed by atoms with Crippen LogP contribution in [0.25, 0.3) is 0 Å². The van der Waals surface area contributed by atoms with Gasteiger partial charge >= 0.3 is 35.8 Å². The third-order valence-corrected chi connectivity index (χ3v) is 3.33. The van der Waals surface area contributed by atoms with E-state index in [1.807, 2.05) is 0 Å². The van der Waals surface area contributed by atoms with Crippen LogP contribution in [-0.2, 0) is 14.2 Å². The molecule has 0 spiro atoms. The number of carbonyl (C=O) groups excluding carboxylic acids is 3. The Morgan fingerprint density at radius 1 is 0.500 bits per heavy atom. The van der Waals surface area contributed by atoms with E-state index in [9.17, 15) is 44.1 Å². The second-order valence-electron chi connectivity index (χ2n) is 4.88. The van der Waals surface area contributed by atoms with E-state index in [1.54, 1.807) is 0 Å². The summed E-state index contributed by atoms with van der Waals surface area (Å²) in [5.74, 6) is -11.3. The van der Waals surface area contributed by atoms with Crippen molar-refractivity contribution in [3.8, 4) is 0 Å². The van der Waals surface area contributed by atoms with E-state index < -0.39 is 69.2 Å². The molecule has 3 N–H and O–H groups in total. The lowest BCUT2D eigenvalue weighted by Crippen LogP contribution is -2.29. The zero-order valence-electron chi connectivity index (χ0n) is 14.9. The van der Waals surface area contributed by atoms with E-state index in [4.69, 9.17) is 0 Å². The van der Waals surface area contributed by atoms with Crippen LogP contribution >= 0.6 is 0 Å². The number of carboxylic acid groups (broad SMARTS) is 3. The molecule has 0 amide bonds. The van der Waals surface area contributed by atoms with Crippen LogP contribution in [0.4, 0.5) is 0 Å². The highest BCUT2D eigenvalue weighted by atomic mass is 16.5. The van der Waals surface area contributed by atoms with Crippen molar-refractivity contribution >= 4 is 35.8 Å². The third kappa shape index (κ3) is 4.22. The van der Waals surface area contributed by atoms with Crippen LogP contribution < -0.4 is 0 Å². The van der Waals surface area contributed by atoms with Gasteiger partial charge in [-0.15, -0.1) is 0 Å². The quantitative estimate of drug-likeness (QED) is 0.298. The lowest BCUT2D eigenvalue weighted by atomic mass is 9.85. The van der Waals surface area contributed by atoms with E-state index in [1.165, 1.54) is 0 Å². The van der Waals surface area contributed by atoms with Crippen LogP contribution in [0.1, 0.15) is 62.1 Å². The van der Waals surface area contributed by atoms with Gasteiger partial charge in [0.05, 0.1) is 52.2 Å². The number of benzene rings is 1. The Bertz CT molecular complexity index is 953. The SMILES string of the molecule is C=COC(=O)c1c(C(=O)O)c(C(=O)O)c(C(=O)O)c(C(=O)OC=C)c1C(=O)OC=C. The van der Waals surface area contributed by atoms with Crippen LogP contribution in [0.5, 0.6) is 0 Å². The minimum atomic E-state index is -2.14. The zero-order valence-corrected chi connectivity index (χ0v) is 14.9. The summed E-state index contributed by atoms with van der Waals surface area (Å²) in [7, 11) is 0. The van der Waals surface area contributed by atoms with E-state index >= 15 is 0 Å². The largest absolute Gasteiger partial charge is 0.478 e. The van der Waals surface area contributed by atoms with Crippen molar-refractivity contribution in [1.82, 2.24) is 0 Å². The molecule has 0 atom stereocenters. The summed E-state index contributed by atoms with van der Waals surface area (Å²) in [6, 6.07) is 0. The summed E-state index contributed by atoms with van der Waals surface area (Å²) in [6.07, 6.45) is 1.56. The van der Waals surface area contributed by atoms with E-state index in [-0.39, 0.29) is 0 Å². The first-order valence-corrected chi connectivity index (χ1v) is 7.44. The van der Waals surface area contributed by atoms with Crippen LogP contribution in [0.3, 0.4) is 0 Å². The smallest absolute Gasteiger partial charge is 0.344 e. The number of aromatic carboxylic acids is 3. The Morgan fingerprint density at radius 3 is 0.900 bits per heavy atom. The summed E-state index contributed by atoms with van der Waals surface area (Å²) in [5.41, 5.74) is -8.19. The Labute approximate surface area is 166 Å². The molecule has 0 heterocycles. The second-order valence-corrected chi connectivity index (χ2v) is 4.88. The van der Waals surface area contributed by atoms with Gasteiger partial charge in [0.15, 0.2) is 0 Å². The van der Waals surface area contributed by atoms with Crippen molar-refractivity contribution in [2.75, 3.05) is 0 Å². The number of rotatable bonds is 9. The molecular formula is C18H12O12. The molecule has 0 aliphatic heterocycles. The molecule has 1 aromatic carbocycles. The van der Waals surface area contributed by atoms with Crippen LogP contribution in [0.2, 0.25) is 0 Å². The predicted octanol–water partition coefficient (Wildman–Crippen LogP) is 1.68. The number of ether oxygens (including phenoxy) is 3. The van der Waals surface area contributed by atoms with Crippen LogP contribution in [0.15, 0.2) is 38.5 Å². The maximum atomic E-state index is 12.4. The fraction of sp³-hybridized carbons (Fsp3) is 0. The lowest BCUT2D eigenvalue weighted by molar-refractivity contribution is 0.0572. The highest BCUT2D eigenvalue weighted by molar-refractivity contribution is 6.23. The summed E-state index contributed by atoms with van der Waals surface area (Å²) >= 11 is 0. The van der Waals surface area contributed by atoms with Gasteiger partial charge in [0.2, 0.25) is 0 Å². The minimum Gasteiger partial charge on any atom is -0.478 e. The number of hydrogen-bond acceptors (Lipinski definition) is 9. The van der Waals surface area contributed by atoms with Gasteiger partial charge in [0.1, 0.15) is 0 Å². The molecule has 0 radical (unpaired) electrons. The fourth-order valence-corrected chi connectivity index (χ4v) is 2.41. The number of carboxylic acids is 3. The number of hydrogen-bond donors (Lipinski definition) is 3. The van der Waals surface area contributed by atoms with Gasteiger partial charge in [-0.1, -0.05) is 19.7 Å². The van der Waals surface area contributed by atoms with Gasteiger partial charge in [-0.2, -0.15) is 0 Å². The first kappa shape index (κ1) is 23.3. The Hall–Kier alpha value is -4.74. The molecule has 0 unspecified atom stereocenters. The Balaban J connectivity index is 4.53. The molecule has 0 fully saturated rings. The summed E-state index contributed by atoms with van der Waals surface area (Å²) in [6.45, 7) is 9.20. The number of esters is 3. The van der Waals surface area contributed by atoms with Crippen molar-refractivity contribution in [2.45, 2.75) is 0 Å². The molecular weight excluding hydrogens is 408 g/mol. The Morgan fingerprint density at radius 2 is 0.700 bits per heavy atom. The molecule has 0 saturated carbocycles. The standard InChI is InChI=1S/C18H12O12/c1-4-28-16(25)10-8(14(21)22)7(13(19)20)9(15(23)24)11(17(26)29-5-2)12(10)18(27)30-6-3/h4-6H,1-3H2,(H,19,20)(H,21,22)(H,23,24). The highest BCUT2D eigenvalue weighted by Crippen LogP contribution is 2.32. The Kier molecular flexibility index (Phi) is 7.34. The second kappa shape index (κ2) is 9.45. The zero-order chi connectivity index (χ0) is 23.2. The molecule has 0 aromatic heterocycles. The monoisotopic (exact) mass is 420 g/mol. The molecule has 0 aliphatic rings. The van der Waals surface area contributed by atoms with Gasteiger partial charge in [-0.05, 0) is 0 Å². The first-order valence-electron chi connectivity index (χ1n) is 7.44. The van der Waals surface area contributed by atoms with Crippen molar-refractivity contribution in [2.24, 2.45) is 0 Å². The van der Waals surface area contributed by atoms with E-state index in [0.717, 1.165) is 0 Å².